The highest BCUT2D eigenvalue weighted by atomic mass is 79.9. The Hall–Kier alpha value is -0.410. The van der Waals surface area contributed by atoms with Crippen LogP contribution in [0.2, 0.25) is 0 Å². The van der Waals surface area contributed by atoms with E-state index in [0.717, 1.165) is 36.0 Å². The molecule has 0 spiro atoms. The molecule has 0 aliphatic heterocycles. The minimum Gasteiger partial charge on any atom is -0.378 e. The van der Waals surface area contributed by atoms with Crippen molar-refractivity contribution in [2.45, 2.75) is 50.0 Å². The zero-order valence-corrected chi connectivity index (χ0v) is 12.8. The number of aryl methyl sites for hydroxylation is 2. The molecule has 0 amide bonds. The normalized spacial score (nSPS) is 19.4. The number of hydrogen-bond donors (Lipinski definition) is 0. The molecular weight excluding hydrogens is 295 g/mol. The quantitative estimate of drug-likeness (QED) is 0.723. The molecule has 0 radical (unpaired) electrons. The van der Waals surface area contributed by atoms with Gasteiger partial charge in [-0.1, -0.05) is 28.1 Å². The van der Waals surface area contributed by atoms with Gasteiger partial charge in [-0.3, -0.25) is 0 Å². The van der Waals surface area contributed by atoms with Crippen molar-refractivity contribution >= 4 is 15.9 Å². The van der Waals surface area contributed by atoms with Gasteiger partial charge in [0.05, 0.1) is 5.60 Å². The molecule has 100 valence electrons. The lowest BCUT2D eigenvalue weighted by molar-refractivity contribution is -0.0773. The molecule has 2 rings (SSSR count). The van der Waals surface area contributed by atoms with Crippen LogP contribution in [0.1, 0.15) is 47.2 Å². The van der Waals surface area contributed by atoms with E-state index in [1.54, 1.807) is 7.11 Å². The number of hydrogen-bond acceptors (Lipinski definition) is 1. The molecular formula is C15H20BrFO. The van der Waals surface area contributed by atoms with Crippen molar-refractivity contribution in [3.05, 3.63) is 34.6 Å². The first-order valence-corrected chi connectivity index (χ1v) is 7.35. The first-order chi connectivity index (χ1) is 8.47. The molecule has 1 saturated carbocycles. The summed E-state index contributed by atoms with van der Waals surface area (Å²) >= 11 is 3.73. The fourth-order valence-electron chi connectivity index (χ4n) is 2.67. The lowest BCUT2D eigenvalue weighted by Gasteiger charge is -2.42. The second-order valence-electron chi connectivity index (χ2n) is 5.38. The summed E-state index contributed by atoms with van der Waals surface area (Å²) in [4.78, 5) is 0.232. The van der Waals surface area contributed by atoms with Crippen LogP contribution in [0.5, 0.6) is 0 Å². The van der Waals surface area contributed by atoms with Crippen molar-refractivity contribution in [1.29, 1.82) is 0 Å². The van der Waals surface area contributed by atoms with Gasteiger partial charge in [-0.15, -0.1) is 0 Å². The monoisotopic (exact) mass is 314 g/mol. The highest BCUT2D eigenvalue weighted by Crippen LogP contribution is 2.44. The fourth-order valence-corrected chi connectivity index (χ4v) is 3.52. The summed E-state index contributed by atoms with van der Waals surface area (Å²) in [6.07, 6.45) is 4.46. The Kier molecular flexibility index (Phi) is 4.12. The van der Waals surface area contributed by atoms with Gasteiger partial charge in [-0.25, -0.2) is 4.39 Å². The summed E-state index contributed by atoms with van der Waals surface area (Å²) in [6, 6.07) is 3.87. The van der Waals surface area contributed by atoms with E-state index in [1.807, 2.05) is 26.0 Å². The second kappa shape index (κ2) is 5.30. The summed E-state index contributed by atoms with van der Waals surface area (Å²) in [6.45, 7) is 3.64. The molecule has 0 heterocycles. The molecule has 1 atom stereocenters. The SMILES string of the molecule is COC1(CC(Br)c2cc(C)c(F)c(C)c2)CCC1. The van der Waals surface area contributed by atoms with E-state index in [0.29, 0.717) is 0 Å². The molecule has 1 fully saturated rings. The van der Waals surface area contributed by atoms with Gasteiger partial charge in [-0.05, 0) is 56.2 Å². The van der Waals surface area contributed by atoms with Crippen LogP contribution in [0.3, 0.4) is 0 Å². The Morgan fingerprint density at radius 2 is 1.89 bits per heavy atom. The zero-order chi connectivity index (χ0) is 13.3. The molecule has 0 aromatic heterocycles. The predicted molar refractivity (Wildman–Crippen MR) is 75.8 cm³/mol. The third kappa shape index (κ3) is 2.62. The average molecular weight is 315 g/mol. The average Bonchev–Trinajstić information content (AvgIpc) is 2.29. The van der Waals surface area contributed by atoms with Crippen molar-refractivity contribution < 1.29 is 9.13 Å². The molecule has 1 unspecified atom stereocenters. The topological polar surface area (TPSA) is 9.23 Å². The van der Waals surface area contributed by atoms with E-state index >= 15 is 0 Å². The molecule has 1 nitrogen and oxygen atoms in total. The first-order valence-electron chi connectivity index (χ1n) is 6.43. The van der Waals surface area contributed by atoms with Crippen LogP contribution in [-0.4, -0.2) is 12.7 Å². The van der Waals surface area contributed by atoms with E-state index in [-0.39, 0.29) is 16.2 Å². The molecule has 1 aromatic carbocycles. The Bertz CT molecular complexity index is 412. The second-order valence-corrected chi connectivity index (χ2v) is 6.49. The molecule has 18 heavy (non-hydrogen) atoms. The largest absolute Gasteiger partial charge is 0.378 e. The first kappa shape index (κ1) is 14.0. The van der Waals surface area contributed by atoms with Crippen molar-refractivity contribution in [2.75, 3.05) is 7.11 Å². The summed E-state index contributed by atoms with van der Waals surface area (Å²) in [5.41, 5.74) is 2.61. The molecule has 1 aliphatic carbocycles. The molecule has 0 bridgehead atoms. The predicted octanol–water partition coefficient (Wildman–Crippen LogP) is 4.84. The Morgan fingerprint density at radius 1 is 1.33 bits per heavy atom. The third-order valence-electron chi connectivity index (χ3n) is 4.07. The van der Waals surface area contributed by atoms with Crippen LogP contribution in [0.4, 0.5) is 4.39 Å². The number of rotatable bonds is 4. The van der Waals surface area contributed by atoms with Crippen LogP contribution < -0.4 is 0 Å². The minimum absolute atomic E-state index is 0.0321. The van der Waals surface area contributed by atoms with E-state index in [2.05, 4.69) is 15.9 Å². The van der Waals surface area contributed by atoms with E-state index < -0.39 is 0 Å². The van der Waals surface area contributed by atoms with Crippen LogP contribution >= 0.6 is 15.9 Å². The van der Waals surface area contributed by atoms with E-state index in [1.165, 1.54) is 6.42 Å². The Labute approximate surface area is 117 Å². The Morgan fingerprint density at radius 3 is 2.28 bits per heavy atom. The standard InChI is InChI=1S/C15H20BrFO/c1-10-7-12(8-11(2)14(10)17)13(16)9-15(18-3)5-4-6-15/h7-8,13H,4-6,9H2,1-3H3. The number of methoxy groups -OCH3 is 1. The fraction of sp³-hybridized carbons (Fsp3) is 0.600. The summed E-state index contributed by atoms with van der Waals surface area (Å²) in [5.74, 6) is -0.0939. The maximum Gasteiger partial charge on any atom is 0.129 e. The van der Waals surface area contributed by atoms with Crippen molar-refractivity contribution in [3.8, 4) is 0 Å². The molecule has 0 saturated heterocycles. The van der Waals surface area contributed by atoms with Crippen LogP contribution in [0, 0.1) is 19.7 Å². The van der Waals surface area contributed by atoms with Crippen molar-refractivity contribution in [2.24, 2.45) is 0 Å². The number of ether oxygens (including phenoxy) is 1. The maximum absolute atomic E-state index is 13.6. The van der Waals surface area contributed by atoms with Crippen molar-refractivity contribution in [3.63, 3.8) is 0 Å². The lowest BCUT2D eigenvalue weighted by Crippen LogP contribution is -2.39. The minimum atomic E-state index is -0.0939. The highest BCUT2D eigenvalue weighted by Gasteiger charge is 2.38. The number of benzene rings is 1. The Balaban J connectivity index is 2.16. The van der Waals surface area contributed by atoms with Gasteiger partial charge >= 0.3 is 0 Å². The van der Waals surface area contributed by atoms with Gasteiger partial charge < -0.3 is 4.74 Å². The van der Waals surface area contributed by atoms with Crippen LogP contribution in [0.15, 0.2) is 12.1 Å². The highest BCUT2D eigenvalue weighted by molar-refractivity contribution is 9.09. The van der Waals surface area contributed by atoms with E-state index in [4.69, 9.17) is 4.74 Å². The lowest BCUT2D eigenvalue weighted by atomic mass is 9.76. The summed E-state index contributed by atoms with van der Waals surface area (Å²) in [7, 11) is 1.79. The maximum atomic E-state index is 13.6. The third-order valence-corrected chi connectivity index (χ3v) is 4.92. The molecule has 3 heteroatoms. The van der Waals surface area contributed by atoms with Gasteiger partial charge in [0, 0.05) is 11.9 Å². The smallest absolute Gasteiger partial charge is 0.129 e. The van der Waals surface area contributed by atoms with Crippen LogP contribution in [-0.2, 0) is 4.74 Å². The van der Waals surface area contributed by atoms with Crippen LogP contribution in [0.25, 0.3) is 0 Å². The van der Waals surface area contributed by atoms with E-state index in [9.17, 15) is 4.39 Å². The molecule has 1 aliphatic rings. The van der Waals surface area contributed by atoms with Gasteiger partial charge in [-0.2, -0.15) is 0 Å². The summed E-state index contributed by atoms with van der Waals surface area (Å²) < 4.78 is 19.3. The zero-order valence-electron chi connectivity index (χ0n) is 11.2. The van der Waals surface area contributed by atoms with Gasteiger partial charge in [0.25, 0.3) is 0 Å². The van der Waals surface area contributed by atoms with Gasteiger partial charge in [0.2, 0.25) is 0 Å². The molecule has 1 aromatic rings. The summed E-state index contributed by atoms with van der Waals surface area (Å²) in [5, 5.41) is 0. The number of halogens is 2. The van der Waals surface area contributed by atoms with Gasteiger partial charge in [0.1, 0.15) is 5.82 Å². The number of alkyl halides is 1. The van der Waals surface area contributed by atoms with Crippen molar-refractivity contribution in [1.82, 2.24) is 0 Å². The molecule has 0 N–H and O–H groups in total. The van der Waals surface area contributed by atoms with Gasteiger partial charge in [0.15, 0.2) is 0 Å².